The van der Waals surface area contributed by atoms with Crippen LogP contribution in [0.5, 0.6) is 0 Å². The van der Waals surface area contributed by atoms with Gasteiger partial charge >= 0.3 is 0 Å². The largest absolute Gasteiger partial charge is 0.255 e. The summed E-state index contributed by atoms with van der Waals surface area (Å²) >= 11 is 0. The van der Waals surface area contributed by atoms with Crippen LogP contribution >= 0.6 is 0 Å². The Bertz CT molecular complexity index is 422. The second-order valence-electron chi connectivity index (χ2n) is 2.68. The first kappa shape index (κ1) is 7.91. The minimum Gasteiger partial charge on any atom is -0.255 e. The van der Waals surface area contributed by atoms with Gasteiger partial charge in [0.2, 0.25) is 0 Å². The first-order valence-corrected chi connectivity index (χ1v) is 3.79. The summed E-state index contributed by atoms with van der Waals surface area (Å²) in [5, 5.41) is 7.53. The molecule has 0 aliphatic heterocycles. The Kier molecular flexibility index (Phi) is 1.81. The van der Waals surface area contributed by atoms with E-state index in [2.05, 4.69) is 16.4 Å². The second-order valence-corrected chi connectivity index (χ2v) is 2.68. The molecular formula is C9H7FN3. The van der Waals surface area contributed by atoms with Crippen LogP contribution in [0, 0.1) is 11.9 Å². The van der Waals surface area contributed by atoms with Gasteiger partial charge in [0, 0.05) is 12.6 Å². The smallest absolute Gasteiger partial charge is 0.133 e. The molecule has 13 heavy (non-hydrogen) atoms. The van der Waals surface area contributed by atoms with E-state index in [9.17, 15) is 4.39 Å². The van der Waals surface area contributed by atoms with Crippen molar-refractivity contribution in [3.63, 3.8) is 0 Å². The molecule has 0 fully saturated rings. The molecule has 0 bridgehead atoms. The Balaban J connectivity index is 2.52. The van der Waals surface area contributed by atoms with Crippen LogP contribution in [0.4, 0.5) is 4.39 Å². The highest BCUT2D eigenvalue weighted by atomic mass is 19.1. The molecule has 0 N–H and O–H groups in total. The molecule has 0 unspecified atom stereocenters. The molecule has 1 radical (unpaired) electrons. The van der Waals surface area contributed by atoms with Gasteiger partial charge in [0.1, 0.15) is 11.5 Å². The number of aryl methyl sites for hydroxylation is 1. The molecule has 2 aromatic rings. The summed E-state index contributed by atoms with van der Waals surface area (Å²) in [5.74, 6) is -0.331. The molecule has 0 spiro atoms. The monoisotopic (exact) mass is 176 g/mol. The maximum atomic E-state index is 13.2. The molecule has 0 amide bonds. The fourth-order valence-corrected chi connectivity index (χ4v) is 1.09. The fourth-order valence-electron chi connectivity index (χ4n) is 1.09. The van der Waals surface area contributed by atoms with E-state index in [0.29, 0.717) is 11.3 Å². The highest BCUT2D eigenvalue weighted by Gasteiger charge is 2.06. The maximum Gasteiger partial charge on any atom is 0.133 e. The van der Waals surface area contributed by atoms with Crippen molar-refractivity contribution in [3.8, 4) is 11.3 Å². The molecule has 1 aromatic heterocycles. The average Bonchev–Trinajstić information content (AvgIpc) is 2.53. The van der Waals surface area contributed by atoms with E-state index in [1.165, 1.54) is 10.7 Å². The highest BCUT2D eigenvalue weighted by molar-refractivity contribution is 5.57. The lowest BCUT2D eigenvalue weighted by Gasteiger charge is -1.95. The highest BCUT2D eigenvalue weighted by Crippen LogP contribution is 2.18. The van der Waals surface area contributed by atoms with Crippen LogP contribution in [0.3, 0.4) is 0 Å². The van der Waals surface area contributed by atoms with Crippen molar-refractivity contribution in [3.05, 3.63) is 36.3 Å². The van der Waals surface area contributed by atoms with Crippen molar-refractivity contribution in [2.24, 2.45) is 7.05 Å². The predicted octanol–water partition coefficient (Wildman–Crippen LogP) is 1.42. The Morgan fingerprint density at radius 2 is 2.38 bits per heavy atom. The summed E-state index contributed by atoms with van der Waals surface area (Å²) in [6.45, 7) is 0. The summed E-state index contributed by atoms with van der Waals surface area (Å²) in [5.41, 5.74) is 0.987. The van der Waals surface area contributed by atoms with Gasteiger partial charge in [-0.2, -0.15) is 0 Å². The third kappa shape index (κ3) is 1.42. The lowest BCUT2D eigenvalue weighted by molar-refractivity contribution is 0.630. The third-order valence-electron chi connectivity index (χ3n) is 1.69. The van der Waals surface area contributed by atoms with Gasteiger partial charge in [-0.3, -0.25) is 4.68 Å². The number of aromatic nitrogens is 3. The normalized spacial score (nSPS) is 10.3. The van der Waals surface area contributed by atoms with E-state index in [1.807, 2.05) is 0 Å². The van der Waals surface area contributed by atoms with Crippen LogP contribution in [-0.2, 0) is 7.05 Å². The minimum absolute atomic E-state index is 0.331. The molecule has 0 atom stereocenters. The van der Waals surface area contributed by atoms with Crippen molar-refractivity contribution in [1.29, 1.82) is 0 Å². The Hall–Kier alpha value is -1.71. The van der Waals surface area contributed by atoms with Crippen LogP contribution < -0.4 is 0 Å². The maximum absolute atomic E-state index is 13.2. The standard InChI is InChI=1S/C9H7FN3/c1-13-6-9(11-12-13)7-4-2-3-5-8(7)10/h2,4-6H,1H3. The van der Waals surface area contributed by atoms with Crippen molar-refractivity contribution < 1.29 is 4.39 Å². The van der Waals surface area contributed by atoms with Crippen LogP contribution in [0.25, 0.3) is 11.3 Å². The zero-order valence-electron chi connectivity index (χ0n) is 7.03. The number of rotatable bonds is 1. The molecule has 1 heterocycles. The van der Waals surface area contributed by atoms with Crippen molar-refractivity contribution in [2.45, 2.75) is 0 Å². The number of hydrogen-bond acceptors (Lipinski definition) is 2. The Morgan fingerprint density at radius 3 is 3.00 bits per heavy atom. The first-order chi connectivity index (χ1) is 6.27. The van der Waals surface area contributed by atoms with Crippen LogP contribution in [-0.4, -0.2) is 15.0 Å². The summed E-state index contributed by atoms with van der Waals surface area (Å²) in [6.07, 6.45) is 1.67. The Morgan fingerprint density at radius 1 is 1.54 bits per heavy atom. The molecule has 0 aliphatic rings. The summed E-state index contributed by atoms with van der Waals surface area (Å²) < 4.78 is 14.7. The van der Waals surface area contributed by atoms with Gasteiger partial charge < -0.3 is 0 Å². The quantitative estimate of drug-likeness (QED) is 0.657. The number of nitrogens with zero attached hydrogens (tertiary/aromatic N) is 3. The zero-order chi connectivity index (χ0) is 9.26. The SMILES string of the molecule is Cn1cc(-c2cc[c]cc2F)nn1. The lowest BCUT2D eigenvalue weighted by Crippen LogP contribution is -1.85. The molecule has 1 aromatic carbocycles. The first-order valence-electron chi connectivity index (χ1n) is 3.79. The second kappa shape index (κ2) is 2.97. The van der Waals surface area contributed by atoms with Crippen LogP contribution in [0.15, 0.2) is 24.4 Å². The molecule has 4 heteroatoms. The molecule has 2 rings (SSSR count). The van der Waals surface area contributed by atoms with Crippen molar-refractivity contribution in [2.75, 3.05) is 0 Å². The fraction of sp³-hybridized carbons (Fsp3) is 0.111. The van der Waals surface area contributed by atoms with Gasteiger partial charge in [0.25, 0.3) is 0 Å². The Labute approximate surface area is 74.8 Å². The molecule has 0 saturated heterocycles. The number of benzene rings is 1. The van der Waals surface area contributed by atoms with Gasteiger partial charge in [-0.1, -0.05) is 11.3 Å². The molecular weight excluding hydrogens is 169 g/mol. The van der Waals surface area contributed by atoms with E-state index < -0.39 is 0 Å². The van der Waals surface area contributed by atoms with Gasteiger partial charge in [0.15, 0.2) is 0 Å². The summed E-state index contributed by atoms with van der Waals surface area (Å²) in [7, 11) is 1.74. The number of halogens is 1. The van der Waals surface area contributed by atoms with Crippen molar-refractivity contribution in [1.82, 2.24) is 15.0 Å². The number of hydrogen-bond donors (Lipinski definition) is 0. The molecule has 0 aliphatic carbocycles. The molecule has 65 valence electrons. The van der Waals surface area contributed by atoms with E-state index >= 15 is 0 Å². The van der Waals surface area contributed by atoms with Crippen molar-refractivity contribution >= 4 is 0 Å². The topological polar surface area (TPSA) is 30.7 Å². The molecule has 0 saturated carbocycles. The average molecular weight is 176 g/mol. The van der Waals surface area contributed by atoms with Crippen LogP contribution in [0.1, 0.15) is 0 Å². The van der Waals surface area contributed by atoms with Gasteiger partial charge in [0.05, 0.1) is 6.20 Å². The summed E-state index contributed by atoms with van der Waals surface area (Å²) in [6, 6.07) is 7.20. The molecule has 3 nitrogen and oxygen atoms in total. The van der Waals surface area contributed by atoms with E-state index in [-0.39, 0.29) is 5.82 Å². The van der Waals surface area contributed by atoms with E-state index in [1.54, 1.807) is 25.4 Å². The lowest BCUT2D eigenvalue weighted by atomic mass is 10.1. The minimum atomic E-state index is -0.331. The van der Waals surface area contributed by atoms with E-state index in [4.69, 9.17) is 0 Å². The van der Waals surface area contributed by atoms with Gasteiger partial charge in [-0.15, -0.1) is 5.10 Å². The van der Waals surface area contributed by atoms with Gasteiger partial charge in [-0.25, -0.2) is 4.39 Å². The zero-order valence-corrected chi connectivity index (χ0v) is 7.03. The summed E-state index contributed by atoms with van der Waals surface area (Å²) in [4.78, 5) is 0. The van der Waals surface area contributed by atoms with Crippen LogP contribution in [0.2, 0.25) is 0 Å². The third-order valence-corrected chi connectivity index (χ3v) is 1.69. The van der Waals surface area contributed by atoms with Gasteiger partial charge in [-0.05, 0) is 18.2 Å². The van der Waals surface area contributed by atoms with E-state index in [0.717, 1.165) is 0 Å². The predicted molar refractivity (Wildman–Crippen MR) is 45.2 cm³/mol.